The zero-order valence-corrected chi connectivity index (χ0v) is 14.2. The fourth-order valence-corrected chi connectivity index (χ4v) is 3.25. The second-order valence-electron chi connectivity index (χ2n) is 5.20. The Hall–Kier alpha value is -2.11. The number of carbonyl (C=O) groups is 1. The maximum Gasteiger partial charge on any atom is 0.266 e. The number of aromatic nitrogens is 1. The van der Waals surface area contributed by atoms with Crippen LogP contribution in [0.1, 0.15) is 12.5 Å². The van der Waals surface area contributed by atoms with Gasteiger partial charge in [-0.1, -0.05) is 35.1 Å². The highest BCUT2D eigenvalue weighted by molar-refractivity contribution is 7.22. The molecule has 118 valence electrons. The van der Waals surface area contributed by atoms with E-state index in [2.05, 4.69) is 10.3 Å². The van der Waals surface area contributed by atoms with E-state index in [0.717, 1.165) is 15.8 Å². The van der Waals surface area contributed by atoms with Crippen LogP contribution in [-0.4, -0.2) is 17.0 Å². The molecule has 0 radical (unpaired) electrons. The van der Waals surface area contributed by atoms with Gasteiger partial charge in [-0.05, 0) is 49.7 Å². The van der Waals surface area contributed by atoms with Crippen molar-refractivity contribution in [3.8, 4) is 5.75 Å². The van der Waals surface area contributed by atoms with E-state index in [1.165, 1.54) is 11.3 Å². The van der Waals surface area contributed by atoms with Crippen molar-refractivity contribution >= 4 is 44.2 Å². The molecule has 1 amide bonds. The Kier molecular flexibility index (Phi) is 4.50. The van der Waals surface area contributed by atoms with E-state index in [1.807, 2.05) is 43.3 Å². The number of halogens is 1. The first-order chi connectivity index (χ1) is 11.0. The number of nitrogens with one attached hydrogen (secondary N) is 1. The first-order valence-electron chi connectivity index (χ1n) is 7.11. The third kappa shape index (κ3) is 3.81. The standard InChI is InChI=1S/C17H15ClN2O2S/c1-10-4-3-5-13(8-10)22-11(2)16(21)20-17-19-14-7-6-12(18)9-15(14)23-17/h3-9,11H,1-2H3,(H,19,20,21)/t11-/m1/s1. The molecule has 3 rings (SSSR count). The average molecular weight is 347 g/mol. The largest absolute Gasteiger partial charge is 0.481 e. The Balaban J connectivity index is 1.69. The van der Waals surface area contributed by atoms with E-state index in [4.69, 9.17) is 16.3 Å². The number of anilines is 1. The number of amides is 1. The van der Waals surface area contributed by atoms with Crippen molar-refractivity contribution in [2.75, 3.05) is 5.32 Å². The Labute approximate surface area is 143 Å². The Morgan fingerprint density at radius 2 is 2.13 bits per heavy atom. The summed E-state index contributed by atoms with van der Waals surface area (Å²) in [7, 11) is 0. The summed E-state index contributed by atoms with van der Waals surface area (Å²) in [6.07, 6.45) is -0.618. The number of nitrogens with zero attached hydrogens (tertiary/aromatic N) is 1. The molecular weight excluding hydrogens is 332 g/mol. The van der Waals surface area contributed by atoms with Gasteiger partial charge in [0.15, 0.2) is 11.2 Å². The molecule has 0 saturated carbocycles. The van der Waals surface area contributed by atoms with Crippen LogP contribution in [0.3, 0.4) is 0 Å². The number of thiazole rings is 1. The lowest BCUT2D eigenvalue weighted by Gasteiger charge is -2.13. The van der Waals surface area contributed by atoms with E-state index in [1.54, 1.807) is 13.0 Å². The van der Waals surface area contributed by atoms with Crippen molar-refractivity contribution in [2.24, 2.45) is 0 Å². The van der Waals surface area contributed by atoms with Crippen molar-refractivity contribution in [3.05, 3.63) is 53.1 Å². The van der Waals surface area contributed by atoms with Gasteiger partial charge in [-0.2, -0.15) is 0 Å². The van der Waals surface area contributed by atoms with Crippen LogP contribution in [0.25, 0.3) is 10.2 Å². The molecule has 23 heavy (non-hydrogen) atoms. The molecule has 0 aliphatic carbocycles. The second kappa shape index (κ2) is 6.56. The molecule has 1 aromatic heterocycles. The number of hydrogen-bond donors (Lipinski definition) is 1. The van der Waals surface area contributed by atoms with E-state index < -0.39 is 6.10 Å². The van der Waals surface area contributed by atoms with E-state index in [0.29, 0.717) is 15.9 Å². The highest BCUT2D eigenvalue weighted by atomic mass is 35.5. The summed E-state index contributed by atoms with van der Waals surface area (Å²) < 4.78 is 6.60. The summed E-state index contributed by atoms with van der Waals surface area (Å²) >= 11 is 7.34. The number of hydrogen-bond acceptors (Lipinski definition) is 4. The molecule has 3 aromatic rings. The molecule has 0 fully saturated rings. The maximum atomic E-state index is 12.2. The number of carbonyl (C=O) groups excluding carboxylic acids is 1. The van der Waals surface area contributed by atoms with Gasteiger partial charge in [0, 0.05) is 5.02 Å². The molecule has 1 heterocycles. The molecule has 2 aromatic carbocycles. The molecule has 0 aliphatic rings. The van der Waals surface area contributed by atoms with E-state index in [-0.39, 0.29) is 5.91 Å². The third-order valence-electron chi connectivity index (χ3n) is 3.25. The highest BCUT2D eigenvalue weighted by Crippen LogP contribution is 2.28. The van der Waals surface area contributed by atoms with Crippen molar-refractivity contribution in [1.29, 1.82) is 0 Å². The SMILES string of the molecule is Cc1cccc(O[C@H](C)C(=O)Nc2nc3ccc(Cl)cc3s2)c1. The van der Waals surface area contributed by atoms with Crippen LogP contribution in [0.15, 0.2) is 42.5 Å². The van der Waals surface area contributed by atoms with Crippen LogP contribution in [-0.2, 0) is 4.79 Å². The zero-order valence-electron chi connectivity index (χ0n) is 12.7. The Morgan fingerprint density at radius 1 is 1.30 bits per heavy atom. The fraction of sp³-hybridized carbons (Fsp3) is 0.176. The molecule has 0 saturated heterocycles. The van der Waals surface area contributed by atoms with Gasteiger partial charge in [0.25, 0.3) is 5.91 Å². The minimum Gasteiger partial charge on any atom is -0.481 e. The van der Waals surface area contributed by atoms with E-state index >= 15 is 0 Å². The van der Waals surface area contributed by atoms with Gasteiger partial charge in [-0.25, -0.2) is 4.98 Å². The number of benzene rings is 2. The lowest BCUT2D eigenvalue weighted by atomic mass is 10.2. The molecule has 0 spiro atoms. The molecule has 0 bridgehead atoms. The fourth-order valence-electron chi connectivity index (χ4n) is 2.11. The second-order valence-corrected chi connectivity index (χ2v) is 6.66. The average Bonchev–Trinajstić information content (AvgIpc) is 2.88. The number of rotatable bonds is 4. The van der Waals surface area contributed by atoms with Gasteiger partial charge in [0.1, 0.15) is 5.75 Å². The van der Waals surface area contributed by atoms with Crippen molar-refractivity contribution < 1.29 is 9.53 Å². The summed E-state index contributed by atoms with van der Waals surface area (Å²) in [4.78, 5) is 16.6. The van der Waals surface area contributed by atoms with Gasteiger partial charge in [0.05, 0.1) is 10.2 Å². The molecule has 1 N–H and O–H groups in total. The summed E-state index contributed by atoms with van der Waals surface area (Å²) in [5.41, 5.74) is 1.89. The van der Waals surface area contributed by atoms with Crippen LogP contribution in [0.2, 0.25) is 5.02 Å². The number of aryl methyl sites for hydroxylation is 1. The smallest absolute Gasteiger partial charge is 0.266 e. The van der Waals surface area contributed by atoms with Crippen LogP contribution >= 0.6 is 22.9 Å². The van der Waals surface area contributed by atoms with Crippen LogP contribution < -0.4 is 10.1 Å². The van der Waals surface area contributed by atoms with Crippen LogP contribution in [0, 0.1) is 6.92 Å². The summed E-state index contributed by atoms with van der Waals surface area (Å²) in [6.45, 7) is 3.69. The molecule has 1 atom stereocenters. The third-order valence-corrected chi connectivity index (χ3v) is 4.42. The summed E-state index contributed by atoms with van der Waals surface area (Å²) in [5.74, 6) is 0.431. The minimum absolute atomic E-state index is 0.239. The lowest BCUT2D eigenvalue weighted by molar-refractivity contribution is -0.122. The monoisotopic (exact) mass is 346 g/mol. The zero-order chi connectivity index (χ0) is 16.4. The molecule has 4 nitrogen and oxygen atoms in total. The summed E-state index contributed by atoms with van der Waals surface area (Å²) in [5, 5.41) is 3.97. The van der Waals surface area contributed by atoms with Gasteiger partial charge in [-0.15, -0.1) is 0 Å². The minimum atomic E-state index is -0.618. The van der Waals surface area contributed by atoms with Gasteiger partial charge in [-0.3, -0.25) is 10.1 Å². The van der Waals surface area contributed by atoms with Gasteiger partial charge < -0.3 is 4.74 Å². The van der Waals surface area contributed by atoms with Crippen molar-refractivity contribution in [3.63, 3.8) is 0 Å². The van der Waals surface area contributed by atoms with Crippen molar-refractivity contribution in [1.82, 2.24) is 4.98 Å². The number of fused-ring (bicyclic) bond motifs is 1. The molecular formula is C17H15ClN2O2S. The van der Waals surface area contributed by atoms with Gasteiger partial charge >= 0.3 is 0 Å². The van der Waals surface area contributed by atoms with Gasteiger partial charge in [0.2, 0.25) is 0 Å². The van der Waals surface area contributed by atoms with Crippen LogP contribution in [0.5, 0.6) is 5.75 Å². The first kappa shape index (κ1) is 15.8. The molecule has 6 heteroatoms. The first-order valence-corrected chi connectivity index (χ1v) is 8.31. The lowest BCUT2D eigenvalue weighted by Crippen LogP contribution is -2.30. The maximum absolute atomic E-state index is 12.2. The summed E-state index contributed by atoms with van der Waals surface area (Å²) in [6, 6.07) is 13.0. The van der Waals surface area contributed by atoms with Crippen molar-refractivity contribution in [2.45, 2.75) is 20.0 Å². The molecule has 0 unspecified atom stereocenters. The Bertz CT molecular complexity index is 863. The normalized spacial score (nSPS) is 12.1. The highest BCUT2D eigenvalue weighted by Gasteiger charge is 2.17. The quantitative estimate of drug-likeness (QED) is 0.747. The molecule has 0 aliphatic heterocycles. The number of ether oxygens (including phenoxy) is 1. The van der Waals surface area contributed by atoms with E-state index in [9.17, 15) is 4.79 Å². The Morgan fingerprint density at radius 3 is 2.91 bits per heavy atom. The predicted molar refractivity (Wildman–Crippen MR) is 94.5 cm³/mol. The topological polar surface area (TPSA) is 51.2 Å². The van der Waals surface area contributed by atoms with Crippen LogP contribution in [0.4, 0.5) is 5.13 Å². The predicted octanol–water partition coefficient (Wildman–Crippen LogP) is 4.66.